The highest BCUT2D eigenvalue weighted by Gasteiger charge is 2.59. The summed E-state index contributed by atoms with van der Waals surface area (Å²) in [4.78, 5) is 0.162. The molecule has 1 aromatic carbocycles. The van der Waals surface area contributed by atoms with Gasteiger partial charge in [-0.3, -0.25) is 4.18 Å². The molecule has 8 atom stereocenters. The van der Waals surface area contributed by atoms with Crippen molar-refractivity contribution in [2.45, 2.75) is 123 Å². The molecule has 3 saturated carbocycles. The molecule has 0 saturated heterocycles. The van der Waals surface area contributed by atoms with Gasteiger partial charge in [-0.2, -0.15) is 8.42 Å². The van der Waals surface area contributed by atoms with Crippen molar-refractivity contribution < 1.29 is 26.8 Å². The second kappa shape index (κ2) is 16.2. The number of allylic oxidation sites excluding steroid dienone is 1. The molecule has 0 spiro atoms. The van der Waals surface area contributed by atoms with Gasteiger partial charge < -0.3 is 14.2 Å². The Balaban J connectivity index is 0.986. The first-order valence-corrected chi connectivity index (χ1v) is 20.3. The molecule has 0 aliphatic heterocycles. The molecule has 0 heterocycles. The van der Waals surface area contributed by atoms with Crippen molar-refractivity contribution in [1.82, 2.24) is 0 Å². The number of hydrogen-bond acceptors (Lipinski definition) is 6. The number of fused-ring (bicyclic) bond motifs is 5. The van der Waals surface area contributed by atoms with Gasteiger partial charge in [0, 0.05) is 0 Å². The van der Waals surface area contributed by atoms with Crippen LogP contribution in [0.15, 0.2) is 40.8 Å². The van der Waals surface area contributed by atoms with E-state index in [0.717, 1.165) is 53.9 Å². The van der Waals surface area contributed by atoms with E-state index in [1.807, 2.05) is 6.92 Å². The Morgan fingerprint density at radius 2 is 1.53 bits per heavy atom. The molecule has 0 aromatic heterocycles. The summed E-state index contributed by atoms with van der Waals surface area (Å²) in [5.74, 6) is 5.22. The van der Waals surface area contributed by atoms with Gasteiger partial charge in [-0.25, -0.2) is 0 Å². The van der Waals surface area contributed by atoms with Crippen molar-refractivity contribution in [1.29, 1.82) is 0 Å². The third-order valence-corrected chi connectivity index (χ3v) is 14.3. The predicted octanol–water partition coefficient (Wildman–Crippen LogP) is 9.16. The van der Waals surface area contributed by atoms with E-state index in [2.05, 4.69) is 40.7 Å². The van der Waals surface area contributed by atoms with E-state index in [-0.39, 0.29) is 24.2 Å². The number of rotatable bonds is 17. The van der Waals surface area contributed by atoms with Gasteiger partial charge in [0.05, 0.1) is 50.6 Å². The van der Waals surface area contributed by atoms with E-state index in [0.29, 0.717) is 37.3 Å². The summed E-state index contributed by atoms with van der Waals surface area (Å²) in [5.41, 5.74) is 3.57. The molecule has 0 N–H and O–H groups in total. The van der Waals surface area contributed by atoms with Crippen LogP contribution in [0.1, 0.15) is 111 Å². The Labute approximate surface area is 286 Å². The first-order valence-electron chi connectivity index (χ1n) is 18.9. The van der Waals surface area contributed by atoms with Gasteiger partial charge in [0.2, 0.25) is 0 Å². The summed E-state index contributed by atoms with van der Waals surface area (Å²) in [7, 11) is -3.76. The maximum atomic E-state index is 12.2. The summed E-state index contributed by atoms with van der Waals surface area (Å²) in [6, 6.07) is 6.62. The summed E-state index contributed by atoms with van der Waals surface area (Å²) in [5, 5.41) is 0. The quantitative estimate of drug-likeness (QED) is 0.0934. The fraction of sp³-hybridized carbons (Fsp3) is 0.800. The SMILES string of the molecule is Cc1ccc(S(=O)(=O)OCCOCCOCCO[C@H]2CC[C@@]3(C)C(=CC[C@H]4[C@@H]5CC[C@H]([C@H](C)CCCC(C)C)[C@@]5(C)CC[C@@H]43)C2)cc1. The fourth-order valence-electron chi connectivity index (χ4n) is 10.4. The van der Waals surface area contributed by atoms with Crippen LogP contribution in [0.2, 0.25) is 0 Å². The molecular weight excluding hydrogens is 609 g/mol. The third kappa shape index (κ3) is 8.74. The Morgan fingerprint density at radius 1 is 0.830 bits per heavy atom. The molecule has 6 nitrogen and oxygen atoms in total. The van der Waals surface area contributed by atoms with E-state index in [1.54, 1.807) is 29.8 Å². The average Bonchev–Trinajstić information content (AvgIpc) is 3.39. The van der Waals surface area contributed by atoms with Crippen molar-refractivity contribution in [2.24, 2.45) is 46.3 Å². The van der Waals surface area contributed by atoms with Gasteiger partial charge in [-0.05, 0) is 117 Å². The highest BCUT2D eigenvalue weighted by atomic mass is 32.2. The van der Waals surface area contributed by atoms with Crippen LogP contribution >= 0.6 is 0 Å². The number of ether oxygens (including phenoxy) is 3. The molecule has 7 heteroatoms. The minimum absolute atomic E-state index is 0.0182. The lowest BCUT2D eigenvalue weighted by atomic mass is 9.47. The zero-order valence-electron chi connectivity index (χ0n) is 30.3. The monoisotopic (exact) mass is 672 g/mol. The Bertz CT molecular complexity index is 1270. The standard InChI is InChI=1S/C40H64O6S/c1-29(2)8-7-9-31(4)36-16-17-37-35-15-12-32-28-33(18-20-39(32,5)38(35)19-21-40(36,37)6)45-26-24-43-22-23-44-25-27-46-47(41,42)34-13-10-30(3)11-14-34/h10-14,29,31,33,35-38H,7-9,15-28H2,1-6H3/t31-,33+,35+,36-,37+,38+,39+,40-/m1/s1. The van der Waals surface area contributed by atoms with Crippen molar-refractivity contribution in [3.63, 3.8) is 0 Å². The van der Waals surface area contributed by atoms with Crippen LogP contribution in [0.3, 0.4) is 0 Å². The van der Waals surface area contributed by atoms with Gasteiger partial charge in [-0.15, -0.1) is 0 Å². The number of aryl methyl sites for hydroxylation is 1. The van der Waals surface area contributed by atoms with Gasteiger partial charge in [0.1, 0.15) is 0 Å². The largest absolute Gasteiger partial charge is 0.377 e. The van der Waals surface area contributed by atoms with Gasteiger partial charge in [0.25, 0.3) is 10.1 Å². The van der Waals surface area contributed by atoms with Crippen LogP contribution in [-0.4, -0.2) is 54.2 Å². The molecule has 3 fully saturated rings. The summed E-state index contributed by atoms with van der Waals surface area (Å²) >= 11 is 0. The van der Waals surface area contributed by atoms with Crippen LogP contribution < -0.4 is 0 Å². The second-order valence-corrected chi connectivity index (χ2v) is 18.0. The van der Waals surface area contributed by atoms with Gasteiger partial charge >= 0.3 is 0 Å². The molecule has 4 aliphatic carbocycles. The summed E-state index contributed by atoms with van der Waals surface area (Å²) in [6.45, 7) is 16.7. The van der Waals surface area contributed by atoms with Crippen molar-refractivity contribution in [3.05, 3.63) is 41.5 Å². The highest BCUT2D eigenvalue weighted by molar-refractivity contribution is 7.86. The highest BCUT2D eigenvalue weighted by Crippen LogP contribution is 2.67. The minimum Gasteiger partial charge on any atom is -0.377 e. The lowest BCUT2D eigenvalue weighted by molar-refractivity contribution is -0.0689. The van der Waals surface area contributed by atoms with Crippen LogP contribution in [0.5, 0.6) is 0 Å². The Hall–Kier alpha value is -1.25. The van der Waals surface area contributed by atoms with Crippen molar-refractivity contribution >= 4 is 10.1 Å². The molecule has 0 amide bonds. The average molecular weight is 673 g/mol. The van der Waals surface area contributed by atoms with E-state index < -0.39 is 10.1 Å². The lowest BCUT2D eigenvalue weighted by Crippen LogP contribution is -2.51. The molecule has 1 aromatic rings. The molecule has 0 unspecified atom stereocenters. The summed E-state index contributed by atoms with van der Waals surface area (Å²) in [6.07, 6.45) is 17.6. The van der Waals surface area contributed by atoms with Gasteiger partial charge in [0.15, 0.2) is 0 Å². The molecule has 4 aliphatic rings. The van der Waals surface area contributed by atoms with Gasteiger partial charge in [-0.1, -0.05) is 83.2 Å². The smallest absolute Gasteiger partial charge is 0.297 e. The molecule has 0 bridgehead atoms. The first kappa shape index (κ1) is 37.0. The first-order chi connectivity index (χ1) is 22.4. The third-order valence-electron chi connectivity index (χ3n) is 13.0. The number of benzene rings is 1. The molecule has 266 valence electrons. The maximum absolute atomic E-state index is 12.2. The van der Waals surface area contributed by atoms with Crippen LogP contribution in [0.4, 0.5) is 0 Å². The lowest BCUT2D eigenvalue weighted by Gasteiger charge is -2.58. The maximum Gasteiger partial charge on any atom is 0.297 e. The van der Waals surface area contributed by atoms with E-state index >= 15 is 0 Å². The zero-order chi connectivity index (χ0) is 33.7. The van der Waals surface area contributed by atoms with Crippen LogP contribution in [0.25, 0.3) is 0 Å². The molecule has 47 heavy (non-hydrogen) atoms. The number of hydrogen-bond donors (Lipinski definition) is 0. The normalized spacial score (nSPS) is 32.8. The topological polar surface area (TPSA) is 71.1 Å². The van der Waals surface area contributed by atoms with Crippen molar-refractivity contribution in [2.75, 3.05) is 39.6 Å². The molecule has 5 rings (SSSR count). The molecular formula is C40H64O6S. The predicted molar refractivity (Wildman–Crippen MR) is 189 cm³/mol. The van der Waals surface area contributed by atoms with E-state index in [9.17, 15) is 8.42 Å². The minimum atomic E-state index is -3.76. The van der Waals surface area contributed by atoms with Crippen LogP contribution in [0, 0.1) is 53.3 Å². The molecule has 0 radical (unpaired) electrons. The Kier molecular flexibility index (Phi) is 12.7. The fourth-order valence-corrected chi connectivity index (χ4v) is 11.3. The van der Waals surface area contributed by atoms with Crippen molar-refractivity contribution in [3.8, 4) is 0 Å². The second-order valence-electron chi connectivity index (χ2n) is 16.3. The van der Waals surface area contributed by atoms with E-state index in [4.69, 9.17) is 18.4 Å². The van der Waals surface area contributed by atoms with E-state index in [1.165, 1.54) is 57.8 Å². The Morgan fingerprint density at radius 3 is 2.26 bits per heavy atom. The zero-order valence-corrected chi connectivity index (χ0v) is 31.1. The van der Waals surface area contributed by atoms with Crippen LogP contribution in [-0.2, 0) is 28.5 Å². The summed E-state index contributed by atoms with van der Waals surface area (Å²) < 4.78 is 47.1.